The van der Waals surface area contributed by atoms with E-state index in [1.54, 1.807) is 21.6 Å². The lowest BCUT2D eigenvalue weighted by Crippen LogP contribution is -2.06. The molecule has 19 heavy (non-hydrogen) atoms. The highest BCUT2D eigenvalue weighted by Crippen LogP contribution is 2.21. The molecule has 0 atom stereocenters. The molecule has 0 aliphatic heterocycles. The molecule has 0 radical (unpaired) electrons. The second-order valence-corrected chi connectivity index (χ2v) is 7.16. The van der Waals surface area contributed by atoms with Gasteiger partial charge >= 0.3 is 5.97 Å². The second kappa shape index (κ2) is 16.2. The molecule has 114 valence electrons. The smallest absolute Gasteiger partial charge is 0.306 e. The Bertz CT molecular complexity index is 201. The van der Waals surface area contributed by atoms with Gasteiger partial charge < -0.3 is 9.84 Å². The van der Waals surface area contributed by atoms with Crippen LogP contribution in [0.25, 0.3) is 0 Å². The van der Waals surface area contributed by atoms with Crippen molar-refractivity contribution in [1.82, 2.24) is 0 Å². The maximum atomic E-state index is 11.4. The van der Waals surface area contributed by atoms with Crippen LogP contribution in [-0.2, 0) is 9.53 Å². The fourth-order valence-electron chi connectivity index (χ4n) is 1.60. The molecule has 0 aromatic heterocycles. The molecule has 0 aromatic rings. The number of aliphatic hydroxyl groups excluding tert-OH is 1. The van der Waals surface area contributed by atoms with Gasteiger partial charge in [-0.2, -0.15) is 0 Å². The van der Waals surface area contributed by atoms with Crippen LogP contribution in [0.3, 0.4) is 0 Å². The molecule has 0 aliphatic carbocycles. The summed E-state index contributed by atoms with van der Waals surface area (Å²) in [7, 11) is 3.21. The fraction of sp³-hybridized carbons (Fsp3) is 0.929. The Balaban J connectivity index is 3.12. The van der Waals surface area contributed by atoms with Crippen molar-refractivity contribution in [1.29, 1.82) is 0 Å². The highest BCUT2D eigenvalue weighted by atomic mass is 33.1. The lowest BCUT2D eigenvalue weighted by molar-refractivity contribution is -0.143. The molecule has 0 saturated heterocycles. The van der Waals surface area contributed by atoms with E-state index in [1.165, 1.54) is 32.1 Å². The Morgan fingerprint density at radius 3 is 2.32 bits per heavy atom. The Labute approximate surface area is 125 Å². The third-order valence-corrected chi connectivity index (χ3v) is 5.05. The molecule has 5 heteroatoms. The van der Waals surface area contributed by atoms with E-state index in [2.05, 4.69) is 6.92 Å². The SMILES string of the molecule is CCCCCCCCCOC(=O)CCSSCCO. The van der Waals surface area contributed by atoms with Crippen molar-refractivity contribution in [3.8, 4) is 0 Å². The summed E-state index contributed by atoms with van der Waals surface area (Å²) in [6, 6.07) is 0. The van der Waals surface area contributed by atoms with Gasteiger partial charge in [0.15, 0.2) is 0 Å². The predicted molar refractivity (Wildman–Crippen MR) is 85.6 cm³/mol. The molecule has 0 unspecified atom stereocenters. The van der Waals surface area contributed by atoms with Crippen LogP contribution >= 0.6 is 21.6 Å². The van der Waals surface area contributed by atoms with Crippen molar-refractivity contribution in [3.05, 3.63) is 0 Å². The van der Waals surface area contributed by atoms with E-state index in [0.29, 0.717) is 13.0 Å². The van der Waals surface area contributed by atoms with Crippen LogP contribution in [0.15, 0.2) is 0 Å². The Kier molecular flexibility index (Phi) is 16.3. The van der Waals surface area contributed by atoms with Gasteiger partial charge in [0.2, 0.25) is 0 Å². The highest BCUT2D eigenvalue weighted by molar-refractivity contribution is 8.76. The summed E-state index contributed by atoms with van der Waals surface area (Å²) in [5, 5.41) is 8.58. The standard InChI is InChI=1S/C14H28O3S2/c1-2-3-4-5-6-7-8-11-17-14(16)9-12-18-19-13-10-15/h15H,2-13H2,1H3. The molecule has 0 fully saturated rings. The largest absolute Gasteiger partial charge is 0.466 e. The average molecular weight is 309 g/mol. The first-order valence-electron chi connectivity index (χ1n) is 7.32. The molecule has 0 heterocycles. The molecule has 3 nitrogen and oxygen atoms in total. The summed E-state index contributed by atoms with van der Waals surface area (Å²) in [4.78, 5) is 11.4. The molecule has 0 aromatic carbocycles. The minimum Gasteiger partial charge on any atom is -0.466 e. The number of unbranched alkanes of at least 4 members (excludes halogenated alkanes) is 6. The van der Waals surface area contributed by atoms with Crippen molar-refractivity contribution in [2.75, 3.05) is 24.7 Å². The number of rotatable bonds is 14. The van der Waals surface area contributed by atoms with E-state index >= 15 is 0 Å². The van der Waals surface area contributed by atoms with Crippen LogP contribution in [0.1, 0.15) is 58.3 Å². The van der Waals surface area contributed by atoms with Crippen LogP contribution in [0.2, 0.25) is 0 Å². The third kappa shape index (κ3) is 16.1. The molecular weight excluding hydrogens is 280 g/mol. The number of carbonyl (C=O) groups excluding carboxylic acids is 1. The normalized spacial score (nSPS) is 10.6. The van der Waals surface area contributed by atoms with Gasteiger partial charge in [0.25, 0.3) is 0 Å². The number of carbonyl (C=O) groups is 1. The Morgan fingerprint density at radius 1 is 1.00 bits per heavy atom. The minimum atomic E-state index is -0.0944. The molecule has 0 aliphatic rings. The van der Waals surface area contributed by atoms with Gasteiger partial charge in [-0.05, 0) is 6.42 Å². The quantitative estimate of drug-likeness (QED) is 0.298. The summed E-state index contributed by atoms with van der Waals surface area (Å²) < 4.78 is 5.17. The summed E-state index contributed by atoms with van der Waals surface area (Å²) in [5.74, 6) is 1.39. The van der Waals surface area contributed by atoms with E-state index in [4.69, 9.17) is 9.84 Å². The Hall–Kier alpha value is 0.130. The van der Waals surface area contributed by atoms with Crippen LogP contribution in [0.5, 0.6) is 0 Å². The van der Waals surface area contributed by atoms with Gasteiger partial charge in [-0.1, -0.05) is 67.0 Å². The predicted octanol–water partition coefficient (Wildman–Crippen LogP) is 4.04. The number of hydrogen-bond donors (Lipinski definition) is 1. The molecule has 0 spiro atoms. The van der Waals surface area contributed by atoms with Crippen molar-refractivity contribution < 1.29 is 14.6 Å². The summed E-state index contributed by atoms with van der Waals surface area (Å²) in [6.45, 7) is 2.99. The second-order valence-electron chi connectivity index (χ2n) is 4.46. The summed E-state index contributed by atoms with van der Waals surface area (Å²) in [6.07, 6.45) is 9.14. The molecule has 0 rings (SSSR count). The van der Waals surface area contributed by atoms with Crippen LogP contribution in [-0.4, -0.2) is 35.8 Å². The highest BCUT2D eigenvalue weighted by Gasteiger charge is 2.02. The van der Waals surface area contributed by atoms with Crippen LogP contribution in [0.4, 0.5) is 0 Å². The number of hydrogen-bond acceptors (Lipinski definition) is 5. The van der Waals surface area contributed by atoms with E-state index in [-0.39, 0.29) is 12.6 Å². The maximum Gasteiger partial charge on any atom is 0.306 e. The first-order chi connectivity index (χ1) is 9.31. The summed E-state index contributed by atoms with van der Waals surface area (Å²) in [5.41, 5.74) is 0. The first kappa shape index (κ1) is 19.1. The third-order valence-electron chi connectivity index (χ3n) is 2.66. The van der Waals surface area contributed by atoms with Gasteiger partial charge in [0.1, 0.15) is 0 Å². The Morgan fingerprint density at radius 2 is 1.63 bits per heavy atom. The van der Waals surface area contributed by atoms with E-state index < -0.39 is 0 Å². The number of ether oxygens (including phenoxy) is 1. The minimum absolute atomic E-state index is 0.0944. The lowest BCUT2D eigenvalue weighted by atomic mass is 10.1. The molecular formula is C14H28O3S2. The van der Waals surface area contributed by atoms with E-state index in [1.807, 2.05) is 0 Å². The van der Waals surface area contributed by atoms with Crippen LogP contribution < -0.4 is 0 Å². The maximum absolute atomic E-state index is 11.4. The van der Waals surface area contributed by atoms with Crippen molar-refractivity contribution >= 4 is 27.6 Å². The zero-order valence-corrected chi connectivity index (χ0v) is 13.7. The summed E-state index contributed by atoms with van der Waals surface area (Å²) >= 11 is 0. The van der Waals surface area contributed by atoms with Crippen molar-refractivity contribution in [2.24, 2.45) is 0 Å². The van der Waals surface area contributed by atoms with E-state index in [9.17, 15) is 4.79 Å². The van der Waals surface area contributed by atoms with Gasteiger partial charge in [-0.25, -0.2) is 0 Å². The topological polar surface area (TPSA) is 46.5 Å². The number of esters is 1. The average Bonchev–Trinajstić information content (AvgIpc) is 2.41. The van der Waals surface area contributed by atoms with Gasteiger partial charge in [0.05, 0.1) is 19.6 Å². The zero-order valence-electron chi connectivity index (χ0n) is 12.1. The molecule has 1 N–H and O–H groups in total. The molecule has 0 saturated carbocycles. The zero-order chi connectivity index (χ0) is 14.2. The number of aliphatic hydroxyl groups is 1. The van der Waals surface area contributed by atoms with Gasteiger partial charge in [-0.15, -0.1) is 0 Å². The van der Waals surface area contributed by atoms with Gasteiger partial charge in [-0.3, -0.25) is 4.79 Å². The monoisotopic (exact) mass is 308 g/mol. The fourth-order valence-corrected chi connectivity index (χ4v) is 3.34. The van der Waals surface area contributed by atoms with Crippen molar-refractivity contribution in [3.63, 3.8) is 0 Å². The van der Waals surface area contributed by atoms with E-state index in [0.717, 1.165) is 24.3 Å². The molecule has 0 amide bonds. The van der Waals surface area contributed by atoms with Crippen molar-refractivity contribution in [2.45, 2.75) is 58.3 Å². The molecule has 0 bridgehead atoms. The first-order valence-corrected chi connectivity index (χ1v) is 9.81. The van der Waals surface area contributed by atoms with Gasteiger partial charge in [0, 0.05) is 11.5 Å². The van der Waals surface area contributed by atoms with Crippen LogP contribution in [0, 0.1) is 0 Å². The lowest BCUT2D eigenvalue weighted by Gasteiger charge is -2.04.